The number of hydrogen-bond acceptors (Lipinski definition) is 2. The Bertz CT molecular complexity index is 328. The van der Waals surface area contributed by atoms with E-state index >= 15 is 0 Å². The number of benzene rings is 1. The number of nitrogen functional groups attached to an aromatic ring is 1. The Morgan fingerprint density at radius 2 is 2.23 bits per heavy atom. The van der Waals surface area contributed by atoms with E-state index in [1.165, 1.54) is 6.07 Å². The van der Waals surface area contributed by atoms with Crippen LogP contribution in [-0.4, -0.2) is 11.1 Å². The van der Waals surface area contributed by atoms with Crippen LogP contribution in [0.15, 0.2) is 12.1 Å². The normalized spacial score (nSPS) is 10.1. The smallest absolute Gasteiger partial charge is 0.175 e. The summed E-state index contributed by atoms with van der Waals surface area (Å²) in [4.78, 5) is 11.3. The maximum Gasteiger partial charge on any atom is 0.175 e. The van der Waals surface area contributed by atoms with Crippen molar-refractivity contribution < 1.29 is 9.18 Å². The van der Waals surface area contributed by atoms with Gasteiger partial charge >= 0.3 is 0 Å². The second kappa shape index (κ2) is 3.87. The van der Waals surface area contributed by atoms with E-state index in [2.05, 4.69) is 15.9 Å². The molecule has 0 aliphatic heterocycles. The van der Waals surface area contributed by atoms with E-state index in [4.69, 9.17) is 5.73 Å². The van der Waals surface area contributed by atoms with Crippen LogP contribution >= 0.6 is 15.9 Å². The fourth-order valence-electron chi connectivity index (χ4n) is 1.22. The number of halogens is 2. The van der Waals surface area contributed by atoms with Crippen LogP contribution in [0.25, 0.3) is 0 Å². The Morgan fingerprint density at radius 1 is 1.62 bits per heavy atom. The Labute approximate surface area is 84.1 Å². The summed E-state index contributed by atoms with van der Waals surface area (Å²) in [6, 6.07) is 2.45. The average molecular weight is 246 g/mol. The minimum Gasteiger partial charge on any atom is -0.398 e. The molecule has 0 fully saturated rings. The lowest BCUT2D eigenvalue weighted by Gasteiger charge is -2.06. The topological polar surface area (TPSA) is 43.1 Å². The first-order valence-electron chi connectivity index (χ1n) is 3.71. The van der Waals surface area contributed by atoms with E-state index in [0.29, 0.717) is 11.1 Å². The van der Waals surface area contributed by atoms with Crippen molar-refractivity contribution in [2.45, 2.75) is 6.92 Å². The number of hydrogen-bond donors (Lipinski definition) is 1. The molecule has 70 valence electrons. The molecule has 0 spiro atoms. The van der Waals surface area contributed by atoms with Crippen LogP contribution < -0.4 is 5.73 Å². The van der Waals surface area contributed by atoms with Gasteiger partial charge in [-0.2, -0.15) is 0 Å². The number of carbonyl (C=O) groups is 1. The highest BCUT2D eigenvalue weighted by Gasteiger charge is 2.12. The molecule has 1 aromatic carbocycles. The van der Waals surface area contributed by atoms with Crippen LogP contribution in [0.5, 0.6) is 0 Å². The van der Waals surface area contributed by atoms with Crippen LogP contribution in [-0.2, 0) is 0 Å². The molecular formula is C9H9BrFNO. The molecule has 0 aliphatic rings. The van der Waals surface area contributed by atoms with Crippen molar-refractivity contribution in [3.05, 3.63) is 29.1 Å². The molecule has 2 nitrogen and oxygen atoms in total. The van der Waals surface area contributed by atoms with Gasteiger partial charge in [0.05, 0.1) is 5.33 Å². The predicted octanol–water partition coefficient (Wildman–Crippen LogP) is 2.29. The van der Waals surface area contributed by atoms with Crippen LogP contribution in [0, 0.1) is 12.7 Å². The molecule has 0 bridgehead atoms. The molecule has 0 aliphatic carbocycles. The van der Waals surface area contributed by atoms with Gasteiger partial charge in [0.15, 0.2) is 5.78 Å². The summed E-state index contributed by atoms with van der Waals surface area (Å²) in [5.74, 6) is -0.545. The van der Waals surface area contributed by atoms with Crippen LogP contribution in [0.4, 0.5) is 10.1 Å². The first-order valence-corrected chi connectivity index (χ1v) is 4.83. The third-order valence-electron chi connectivity index (χ3n) is 1.73. The van der Waals surface area contributed by atoms with Crippen molar-refractivity contribution >= 4 is 27.4 Å². The summed E-state index contributed by atoms with van der Waals surface area (Å²) in [6.45, 7) is 1.66. The second-order valence-corrected chi connectivity index (χ2v) is 3.30. The monoisotopic (exact) mass is 245 g/mol. The molecular weight excluding hydrogens is 237 g/mol. The summed E-state index contributed by atoms with van der Waals surface area (Å²) in [6.07, 6.45) is 0. The van der Waals surface area contributed by atoms with E-state index in [9.17, 15) is 9.18 Å². The maximum atomic E-state index is 12.8. The third kappa shape index (κ3) is 2.06. The van der Waals surface area contributed by atoms with Crippen molar-refractivity contribution in [1.82, 2.24) is 0 Å². The average Bonchev–Trinajstić information content (AvgIpc) is 2.02. The number of anilines is 1. The summed E-state index contributed by atoms with van der Waals surface area (Å²) in [7, 11) is 0. The standard InChI is InChI=1S/C9H9BrFNO/c1-5-2-6(11)3-7(12)9(5)8(13)4-10/h2-3H,4,12H2,1H3. The van der Waals surface area contributed by atoms with E-state index in [1.807, 2.05) is 0 Å². The van der Waals surface area contributed by atoms with Gasteiger partial charge in [0.25, 0.3) is 0 Å². The zero-order chi connectivity index (χ0) is 10.0. The van der Waals surface area contributed by atoms with Crippen molar-refractivity contribution in [3.63, 3.8) is 0 Å². The van der Waals surface area contributed by atoms with Crippen molar-refractivity contribution in [3.8, 4) is 0 Å². The Balaban J connectivity index is 3.28. The molecule has 4 heteroatoms. The molecule has 0 heterocycles. The quantitative estimate of drug-likeness (QED) is 0.494. The van der Waals surface area contributed by atoms with Gasteiger partial charge in [-0.05, 0) is 24.6 Å². The summed E-state index contributed by atoms with van der Waals surface area (Å²) >= 11 is 3.04. The van der Waals surface area contributed by atoms with Gasteiger partial charge in [0.1, 0.15) is 5.82 Å². The fraction of sp³-hybridized carbons (Fsp3) is 0.222. The maximum absolute atomic E-state index is 12.8. The van der Waals surface area contributed by atoms with Crippen LogP contribution in [0.3, 0.4) is 0 Å². The lowest BCUT2D eigenvalue weighted by Crippen LogP contribution is -2.07. The largest absolute Gasteiger partial charge is 0.398 e. The first kappa shape index (κ1) is 10.2. The molecule has 0 radical (unpaired) electrons. The highest BCUT2D eigenvalue weighted by Crippen LogP contribution is 2.19. The molecule has 0 unspecified atom stereocenters. The Morgan fingerprint density at radius 3 is 2.69 bits per heavy atom. The van der Waals surface area contributed by atoms with E-state index in [-0.39, 0.29) is 16.8 Å². The zero-order valence-electron chi connectivity index (χ0n) is 7.10. The number of aryl methyl sites for hydroxylation is 1. The second-order valence-electron chi connectivity index (χ2n) is 2.74. The van der Waals surface area contributed by atoms with Gasteiger partial charge in [-0.25, -0.2) is 4.39 Å². The highest BCUT2D eigenvalue weighted by molar-refractivity contribution is 9.09. The van der Waals surface area contributed by atoms with Gasteiger partial charge in [0.2, 0.25) is 0 Å². The minimum atomic E-state index is -0.416. The molecule has 0 saturated heterocycles. The number of ketones is 1. The Hall–Kier alpha value is -0.900. The number of Topliss-reactive ketones (excluding diaryl/α,β-unsaturated/α-hetero) is 1. The van der Waals surface area contributed by atoms with E-state index in [1.54, 1.807) is 6.92 Å². The molecule has 0 saturated carbocycles. The highest BCUT2D eigenvalue weighted by atomic mass is 79.9. The van der Waals surface area contributed by atoms with E-state index < -0.39 is 5.82 Å². The number of rotatable bonds is 2. The summed E-state index contributed by atoms with van der Waals surface area (Å²) in [5, 5.41) is 0.198. The first-order chi connectivity index (χ1) is 6.06. The Kier molecular flexibility index (Phi) is 3.03. The van der Waals surface area contributed by atoms with Gasteiger partial charge in [-0.1, -0.05) is 15.9 Å². The zero-order valence-corrected chi connectivity index (χ0v) is 8.69. The number of nitrogens with two attached hydrogens (primary N) is 1. The van der Waals surface area contributed by atoms with E-state index in [0.717, 1.165) is 6.07 Å². The molecule has 13 heavy (non-hydrogen) atoms. The molecule has 0 amide bonds. The summed E-state index contributed by atoms with van der Waals surface area (Å²) in [5.41, 5.74) is 6.69. The minimum absolute atomic E-state index is 0.130. The summed E-state index contributed by atoms with van der Waals surface area (Å²) < 4.78 is 12.8. The lowest BCUT2D eigenvalue weighted by molar-refractivity contribution is 0.102. The fourth-order valence-corrected chi connectivity index (χ4v) is 1.50. The molecule has 1 aromatic rings. The van der Waals surface area contributed by atoms with Gasteiger partial charge in [0, 0.05) is 11.3 Å². The van der Waals surface area contributed by atoms with Crippen molar-refractivity contribution in [2.75, 3.05) is 11.1 Å². The molecule has 1 rings (SSSR count). The number of carbonyl (C=O) groups excluding carboxylic acids is 1. The molecule has 0 atom stereocenters. The van der Waals surface area contributed by atoms with Gasteiger partial charge in [-0.15, -0.1) is 0 Å². The van der Waals surface area contributed by atoms with Crippen molar-refractivity contribution in [1.29, 1.82) is 0 Å². The lowest BCUT2D eigenvalue weighted by atomic mass is 10.0. The SMILES string of the molecule is Cc1cc(F)cc(N)c1C(=O)CBr. The molecule has 2 N–H and O–H groups in total. The number of alkyl halides is 1. The predicted molar refractivity (Wildman–Crippen MR) is 53.7 cm³/mol. The van der Waals surface area contributed by atoms with Crippen LogP contribution in [0.2, 0.25) is 0 Å². The van der Waals surface area contributed by atoms with Gasteiger partial charge in [-0.3, -0.25) is 4.79 Å². The van der Waals surface area contributed by atoms with Gasteiger partial charge < -0.3 is 5.73 Å². The third-order valence-corrected chi connectivity index (χ3v) is 2.24. The van der Waals surface area contributed by atoms with Crippen LogP contribution in [0.1, 0.15) is 15.9 Å². The van der Waals surface area contributed by atoms with Crippen molar-refractivity contribution in [2.24, 2.45) is 0 Å². The molecule has 0 aromatic heterocycles.